The zero-order chi connectivity index (χ0) is 28.0. The molecular weight excluding hydrogens is 549 g/mol. The molecule has 0 saturated heterocycles. The summed E-state index contributed by atoms with van der Waals surface area (Å²) in [5.41, 5.74) is 9.31. The molecule has 0 spiro atoms. The van der Waals surface area contributed by atoms with Gasteiger partial charge in [-0.2, -0.15) is 5.10 Å². The van der Waals surface area contributed by atoms with Gasteiger partial charge in [0.2, 0.25) is 0 Å². The van der Waals surface area contributed by atoms with Crippen molar-refractivity contribution < 1.29 is 5.11 Å². The van der Waals surface area contributed by atoms with E-state index < -0.39 is 0 Å². The Balaban J connectivity index is 1.56. The summed E-state index contributed by atoms with van der Waals surface area (Å²) >= 11 is 12.4. The average molecular weight is 568 g/mol. The third kappa shape index (κ3) is 4.39. The van der Waals surface area contributed by atoms with Crippen LogP contribution in [0.4, 0.5) is 5.82 Å². The molecule has 6 rings (SSSR count). The van der Waals surface area contributed by atoms with E-state index in [1.807, 2.05) is 0 Å². The van der Waals surface area contributed by atoms with E-state index in [0.717, 1.165) is 5.56 Å². The molecule has 0 aliphatic heterocycles. The van der Waals surface area contributed by atoms with Crippen molar-refractivity contribution in [2.75, 3.05) is 5.73 Å². The first kappa shape index (κ1) is 25.4. The SMILES string of the molecule is C#Cc1cccc2nc(Cn3nc(-c4ccc(O)cc4)c4c(N)ncnc43)n(Cc3ccc(Cl)c(Cl)c3)c(=O)c12. The van der Waals surface area contributed by atoms with Crippen molar-refractivity contribution in [2.45, 2.75) is 13.1 Å². The van der Waals surface area contributed by atoms with Gasteiger partial charge in [-0.05, 0) is 54.1 Å². The highest BCUT2D eigenvalue weighted by molar-refractivity contribution is 6.42. The van der Waals surface area contributed by atoms with Crippen LogP contribution in [0.5, 0.6) is 5.75 Å². The number of anilines is 1. The Bertz CT molecular complexity index is 2040. The number of halogens is 2. The molecule has 3 aromatic carbocycles. The summed E-state index contributed by atoms with van der Waals surface area (Å²) in [6.45, 7) is 0.242. The minimum atomic E-state index is -0.302. The van der Waals surface area contributed by atoms with Gasteiger partial charge in [-0.25, -0.2) is 19.6 Å². The minimum absolute atomic E-state index is 0.0812. The van der Waals surface area contributed by atoms with E-state index in [1.54, 1.807) is 69.9 Å². The first-order valence-electron chi connectivity index (χ1n) is 12.0. The maximum Gasteiger partial charge on any atom is 0.263 e. The van der Waals surface area contributed by atoms with Crippen LogP contribution in [0.3, 0.4) is 0 Å². The van der Waals surface area contributed by atoms with Crippen molar-refractivity contribution in [1.82, 2.24) is 29.3 Å². The fourth-order valence-electron chi connectivity index (χ4n) is 4.63. The highest BCUT2D eigenvalue weighted by atomic mass is 35.5. The van der Waals surface area contributed by atoms with Crippen molar-refractivity contribution in [3.8, 4) is 29.4 Å². The van der Waals surface area contributed by atoms with Gasteiger partial charge in [-0.15, -0.1) is 6.42 Å². The number of hydrogen-bond donors (Lipinski definition) is 2. The molecule has 0 fully saturated rings. The molecule has 0 radical (unpaired) electrons. The summed E-state index contributed by atoms with van der Waals surface area (Å²) in [4.78, 5) is 27.3. The largest absolute Gasteiger partial charge is 0.508 e. The quantitative estimate of drug-likeness (QED) is 0.284. The normalized spacial score (nSPS) is 11.2. The summed E-state index contributed by atoms with van der Waals surface area (Å²) < 4.78 is 3.17. The number of nitrogens with two attached hydrogens (primary N) is 1. The molecular formula is C29H19Cl2N7O2. The molecule has 0 aliphatic carbocycles. The van der Waals surface area contributed by atoms with Gasteiger partial charge in [0.15, 0.2) is 5.65 Å². The predicted octanol–water partition coefficient (Wildman–Crippen LogP) is 4.88. The maximum atomic E-state index is 13.9. The van der Waals surface area contributed by atoms with E-state index in [0.29, 0.717) is 54.6 Å². The highest BCUT2D eigenvalue weighted by Gasteiger charge is 2.20. The molecule has 3 N–H and O–H groups in total. The van der Waals surface area contributed by atoms with Crippen LogP contribution in [-0.4, -0.2) is 34.4 Å². The lowest BCUT2D eigenvalue weighted by atomic mass is 10.1. The van der Waals surface area contributed by atoms with Crippen LogP contribution in [0.25, 0.3) is 33.2 Å². The number of benzene rings is 3. The molecule has 3 heterocycles. The summed E-state index contributed by atoms with van der Waals surface area (Å²) in [5, 5.41) is 16.2. The number of fused-ring (bicyclic) bond motifs is 2. The molecule has 0 bridgehead atoms. The minimum Gasteiger partial charge on any atom is -0.508 e. The Labute approximate surface area is 237 Å². The van der Waals surface area contributed by atoms with E-state index in [2.05, 4.69) is 15.9 Å². The number of nitrogen functional groups attached to an aromatic ring is 1. The second kappa shape index (κ2) is 10.0. The first-order chi connectivity index (χ1) is 19.3. The molecule has 196 valence electrons. The van der Waals surface area contributed by atoms with Crippen molar-refractivity contribution in [3.05, 3.63) is 104 Å². The van der Waals surface area contributed by atoms with Gasteiger partial charge in [-0.1, -0.05) is 41.3 Å². The Morgan fingerprint density at radius 3 is 2.52 bits per heavy atom. The fourth-order valence-corrected chi connectivity index (χ4v) is 4.95. The van der Waals surface area contributed by atoms with E-state index >= 15 is 0 Å². The number of phenols is 1. The molecule has 40 heavy (non-hydrogen) atoms. The lowest BCUT2D eigenvalue weighted by Gasteiger charge is -2.15. The highest BCUT2D eigenvalue weighted by Crippen LogP contribution is 2.31. The number of aromatic nitrogens is 6. The van der Waals surface area contributed by atoms with Gasteiger partial charge >= 0.3 is 0 Å². The Kier molecular flexibility index (Phi) is 6.34. The van der Waals surface area contributed by atoms with E-state index in [9.17, 15) is 9.90 Å². The van der Waals surface area contributed by atoms with Crippen molar-refractivity contribution in [1.29, 1.82) is 0 Å². The van der Waals surface area contributed by atoms with E-state index in [4.69, 9.17) is 45.4 Å². The zero-order valence-corrected chi connectivity index (χ0v) is 22.2. The predicted molar refractivity (Wildman–Crippen MR) is 155 cm³/mol. The molecule has 6 aromatic rings. The van der Waals surface area contributed by atoms with Crippen LogP contribution in [0.2, 0.25) is 10.0 Å². The van der Waals surface area contributed by atoms with Crippen LogP contribution >= 0.6 is 23.2 Å². The van der Waals surface area contributed by atoms with Gasteiger partial charge in [0, 0.05) is 11.1 Å². The Morgan fingerprint density at radius 1 is 0.975 bits per heavy atom. The summed E-state index contributed by atoms with van der Waals surface area (Å²) in [6.07, 6.45) is 7.07. The summed E-state index contributed by atoms with van der Waals surface area (Å²) in [5.74, 6) is 3.37. The third-order valence-corrected chi connectivity index (χ3v) is 7.27. The van der Waals surface area contributed by atoms with Crippen molar-refractivity contribution in [3.63, 3.8) is 0 Å². The number of hydrogen-bond acceptors (Lipinski definition) is 7. The molecule has 9 nitrogen and oxygen atoms in total. The first-order valence-corrected chi connectivity index (χ1v) is 12.8. The number of rotatable bonds is 5. The number of aromatic hydroxyl groups is 1. The van der Waals surface area contributed by atoms with Gasteiger partial charge in [0.25, 0.3) is 5.56 Å². The number of nitrogens with zero attached hydrogens (tertiary/aromatic N) is 6. The zero-order valence-electron chi connectivity index (χ0n) is 20.7. The molecule has 11 heteroatoms. The van der Waals surface area contributed by atoms with E-state index in [-0.39, 0.29) is 30.2 Å². The lowest BCUT2D eigenvalue weighted by Crippen LogP contribution is -2.28. The van der Waals surface area contributed by atoms with Gasteiger partial charge in [-0.3, -0.25) is 9.36 Å². The van der Waals surface area contributed by atoms with Crippen LogP contribution in [0, 0.1) is 12.3 Å². The van der Waals surface area contributed by atoms with Crippen molar-refractivity contribution in [2.24, 2.45) is 0 Å². The van der Waals surface area contributed by atoms with E-state index in [1.165, 1.54) is 6.33 Å². The average Bonchev–Trinajstić information content (AvgIpc) is 3.32. The van der Waals surface area contributed by atoms with Crippen LogP contribution in [-0.2, 0) is 13.1 Å². The summed E-state index contributed by atoms with van der Waals surface area (Å²) in [7, 11) is 0. The van der Waals surface area contributed by atoms with Gasteiger partial charge in [0.05, 0.1) is 32.9 Å². The lowest BCUT2D eigenvalue weighted by molar-refractivity contribution is 0.475. The van der Waals surface area contributed by atoms with Crippen LogP contribution < -0.4 is 11.3 Å². The second-order valence-electron chi connectivity index (χ2n) is 9.02. The van der Waals surface area contributed by atoms with Crippen LogP contribution in [0.1, 0.15) is 17.0 Å². The Hall–Kier alpha value is -4.91. The third-order valence-electron chi connectivity index (χ3n) is 6.53. The molecule has 0 unspecified atom stereocenters. The van der Waals surface area contributed by atoms with Crippen LogP contribution in [0.15, 0.2) is 71.8 Å². The number of phenolic OH excluding ortho intramolecular Hbond substituents is 1. The molecule has 0 amide bonds. The molecule has 0 saturated carbocycles. The maximum absolute atomic E-state index is 13.9. The number of terminal acetylenes is 1. The smallest absolute Gasteiger partial charge is 0.263 e. The topological polar surface area (TPSA) is 125 Å². The standard InChI is InChI=1S/C29H19Cl2N7O2/c1-2-17-4-3-5-22-24(17)29(40)37(13-16-6-11-20(30)21(31)12-16)23(35-22)14-38-28-25(27(32)33-15-34-28)26(36-38)18-7-9-19(39)10-8-18/h1,3-12,15,39H,13-14H2,(H2,32,33,34). The van der Waals surface area contributed by atoms with Gasteiger partial charge < -0.3 is 10.8 Å². The fraction of sp³-hybridized carbons (Fsp3) is 0.0690. The monoisotopic (exact) mass is 567 g/mol. The summed E-state index contributed by atoms with van der Waals surface area (Å²) in [6, 6.07) is 17.0. The molecule has 0 aliphatic rings. The van der Waals surface area contributed by atoms with Gasteiger partial charge in [0.1, 0.15) is 36.0 Å². The second-order valence-corrected chi connectivity index (χ2v) is 9.84. The van der Waals surface area contributed by atoms with Crippen molar-refractivity contribution >= 4 is 51.0 Å². The molecule has 0 atom stereocenters. The molecule has 3 aromatic heterocycles. The Morgan fingerprint density at radius 2 is 1.77 bits per heavy atom.